The summed E-state index contributed by atoms with van der Waals surface area (Å²) in [6.45, 7) is 2.27. The first-order chi connectivity index (χ1) is 8.20. The first kappa shape index (κ1) is 11.1. The van der Waals surface area contributed by atoms with Crippen LogP contribution in [-0.4, -0.2) is 4.98 Å². The summed E-state index contributed by atoms with van der Waals surface area (Å²) in [6, 6.07) is 6.46. The second kappa shape index (κ2) is 4.66. The van der Waals surface area contributed by atoms with Crippen molar-refractivity contribution in [1.29, 1.82) is 5.26 Å². The minimum atomic E-state index is -0.287. The summed E-state index contributed by atoms with van der Waals surface area (Å²) < 4.78 is 18.1. The number of nitrogens with zero attached hydrogens (tertiary/aromatic N) is 2. The molecule has 1 aromatic heterocycles. The van der Waals surface area contributed by atoms with Gasteiger partial charge in [-0.15, -0.1) is 0 Å². The Hall–Kier alpha value is -2.35. The van der Waals surface area contributed by atoms with E-state index in [1.165, 1.54) is 18.5 Å². The Balaban J connectivity index is 2.13. The largest absolute Gasteiger partial charge is 0.427 e. The number of rotatable bonds is 3. The van der Waals surface area contributed by atoms with Gasteiger partial charge in [-0.1, -0.05) is 6.07 Å². The molecule has 2 rings (SSSR count). The van der Waals surface area contributed by atoms with E-state index in [1.807, 2.05) is 13.0 Å². The third kappa shape index (κ3) is 2.42. The van der Waals surface area contributed by atoms with Crippen molar-refractivity contribution in [2.45, 2.75) is 13.5 Å². The number of aromatic nitrogens is 1. The zero-order valence-corrected chi connectivity index (χ0v) is 9.20. The van der Waals surface area contributed by atoms with Crippen LogP contribution in [0, 0.1) is 24.1 Å². The molecule has 0 saturated carbocycles. The topological polar surface area (TPSA) is 61.9 Å². The third-order valence-corrected chi connectivity index (χ3v) is 2.42. The summed E-state index contributed by atoms with van der Waals surface area (Å²) >= 11 is 0. The number of hydrogen-bond acceptors (Lipinski definition) is 4. The summed E-state index contributed by atoms with van der Waals surface area (Å²) in [5, 5.41) is 11.6. The second-order valence-electron chi connectivity index (χ2n) is 3.57. The van der Waals surface area contributed by atoms with E-state index in [-0.39, 0.29) is 11.5 Å². The van der Waals surface area contributed by atoms with Gasteiger partial charge in [-0.3, -0.25) is 0 Å². The van der Waals surface area contributed by atoms with Crippen LogP contribution < -0.4 is 5.32 Å². The number of nitrogens with one attached hydrogen (secondary N) is 1. The van der Waals surface area contributed by atoms with E-state index in [0.29, 0.717) is 12.4 Å². The molecule has 2 aromatic rings. The van der Waals surface area contributed by atoms with Crippen LogP contribution >= 0.6 is 0 Å². The van der Waals surface area contributed by atoms with E-state index in [9.17, 15) is 4.39 Å². The predicted octanol–water partition coefficient (Wildman–Crippen LogP) is 2.61. The number of anilines is 1. The van der Waals surface area contributed by atoms with Crippen LogP contribution in [0.2, 0.25) is 0 Å². The number of benzene rings is 1. The number of nitriles is 1. The fourth-order valence-electron chi connectivity index (χ4n) is 1.46. The van der Waals surface area contributed by atoms with Crippen LogP contribution in [0.1, 0.15) is 16.8 Å². The Morgan fingerprint density at radius 3 is 3.12 bits per heavy atom. The lowest BCUT2D eigenvalue weighted by atomic mass is 10.1. The van der Waals surface area contributed by atoms with Gasteiger partial charge in [-0.25, -0.2) is 9.37 Å². The first-order valence-electron chi connectivity index (χ1n) is 5.03. The SMILES string of the molecule is Cc1ccc(F)cc1CNc1ocnc1C#N. The van der Waals surface area contributed by atoms with Crippen molar-refractivity contribution in [1.82, 2.24) is 4.98 Å². The zero-order chi connectivity index (χ0) is 12.3. The molecule has 1 heterocycles. The molecule has 0 fully saturated rings. The van der Waals surface area contributed by atoms with Crippen LogP contribution in [0.25, 0.3) is 0 Å². The summed E-state index contributed by atoms with van der Waals surface area (Å²) in [6.07, 6.45) is 1.19. The van der Waals surface area contributed by atoms with Crippen LogP contribution in [-0.2, 0) is 6.54 Å². The molecule has 0 atom stereocenters. The molecule has 0 aliphatic carbocycles. The van der Waals surface area contributed by atoms with E-state index in [2.05, 4.69) is 10.3 Å². The molecule has 5 heteroatoms. The Morgan fingerprint density at radius 2 is 2.35 bits per heavy atom. The molecule has 0 spiro atoms. The fourth-order valence-corrected chi connectivity index (χ4v) is 1.46. The summed E-state index contributed by atoms with van der Waals surface area (Å²) in [4.78, 5) is 3.72. The average molecular weight is 231 g/mol. The Labute approximate surface area is 97.7 Å². The molecule has 0 bridgehead atoms. The molecule has 0 amide bonds. The third-order valence-electron chi connectivity index (χ3n) is 2.42. The number of halogens is 1. The Morgan fingerprint density at radius 1 is 1.53 bits per heavy atom. The van der Waals surface area contributed by atoms with E-state index in [0.717, 1.165) is 11.1 Å². The van der Waals surface area contributed by atoms with E-state index >= 15 is 0 Å². The predicted molar refractivity (Wildman–Crippen MR) is 59.7 cm³/mol. The van der Waals surface area contributed by atoms with Gasteiger partial charge in [0.25, 0.3) is 0 Å². The molecule has 0 aliphatic rings. The molecule has 0 aliphatic heterocycles. The molecule has 4 nitrogen and oxygen atoms in total. The number of aryl methyl sites for hydroxylation is 1. The molecule has 17 heavy (non-hydrogen) atoms. The van der Waals surface area contributed by atoms with Gasteiger partial charge < -0.3 is 9.73 Å². The maximum atomic E-state index is 13.0. The molecule has 0 saturated heterocycles. The molecule has 1 N–H and O–H groups in total. The minimum absolute atomic E-state index is 0.194. The first-order valence-corrected chi connectivity index (χ1v) is 5.03. The van der Waals surface area contributed by atoms with Crippen LogP contribution in [0.4, 0.5) is 10.3 Å². The van der Waals surface area contributed by atoms with E-state index < -0.39 is 0 Å². The fraction of sp³-hybridized carbons (Fsp3) is 0.167. The highest BCUT2D eigenvalue weighted by atomic mass is 19.1. The minimum Gasteiger partial charge on any atom is -0.427 e. The summed E-state index contributed by atoms with van der Waals surface area (Å²) in [5.41, 5.74) is 1.97. The van der Waals surface area contributed by atoms with Gasteiger partial charge in [-0.2, -0.15) is 5.26 Å². The van der Waals surface area contributed by atoms with Gasteiger partial charge >= 0.3 is 0 Å². The monoisotopic (exact) mass is 231 g/mol. The molecule has 1 aromatic carbocycles. The van der Waals surface area contributed by atoms with Crippen LogP contribution in [0.3, 0.4) is 0 Å². The van der Waals surface area contributed by atoms with Gasteiger partial charge in [0.05, 0.1) is 0 Å². The van der Waals surface area contributed by atoms with E-state index in [1.54, 1.807) is 6.07 Å². The molecular formula is C12H10FN3O. The van der Waals surface area contributed by atoms with Gasteiger partial charge in [0.15, 0.2) is 6.39 Å². The second-order valence-corrected chi connectivity index (χ2v) is 3.57. The smallest absolute Gasteiger partial charge is 0.232 e. The van der Waals surface area contributed by atoms with Gasteiger partial charge in [-0.05, 0) is 30.2 Å². The molecule has 86 valence electrons. The lowest BCUT2D eigenvalue weighted by molar-refractivity contribution is 0.568. The molecule has 0 radical (unpaired) electrons. The van der Waals surface area contributed by atoms with Crippen LogP contribution in [0.15, 0.2) is 29.0 Å². The normalized spacial score (nSPS) is 9.94. The van der Waals surface area contributed by atoms with Crippen molar-refractivity contribution in [3.63, 3.8) is 0 Å². The Bertz CT molecular complexity index is 571. The van der Waals surface area contributed by atoms with Crippen molar-refractivity contribution < 1.29 is 8.81 Å². The van der Waals surface area contributed by atoms with Crippen molar-refractivity contribution in [3.8, 4) is 6.07 Å². The van der Waals surface area contributed by atoms with Gasteiger partial charge in [0, 0.05) is 6.54 Å². The maximum absolute atomic E-state index is 13.0. The van der Waals surface area contributed by atoms with Crippen LogP contribution in [0.5, 0.6) is 0 Å². The highest BCUT2D eigenvalue weighted by Gasteiger charge is 2.07. The van der Waals surface area contributed by atoms with E-state index in [4.69, 9.17) is 9.68 Å². The van der Waals surface area contributed by atoms with Crippen molar-refractivity contribution in [3.05, 3.63) is 47.2 Å². The van der Waals surface area contributed by atoms with Gasteiger partial charge in [0.1, 0.15) is 11.9 Å². The summed E-state index contributed by atoms with van der Waals surface area (Å²) in [7, 11) is 0. The molecular weight excluding hydrogens is 221 g/mol. The lowest BCUT2D eigenvalue weighted by Gasteiger charge is -2.06. The highest BCUT2D eigenvalue weighted by molar-refractivity contribution is 5.45. The number of oxazole rings is 1. The zero-order valence-electron chi connectivity index (χ0n) is 9.20. The standard InChI is InChI=1S/C12H10FN3O/c1-8-2-3-10(13)4-9(8)6-15-12-11(5-14)16-7-17-12/h2-4,7,15H,6H2,1H3. The quantitative estimate of drug-likeness (QED) is 0.881. The van der Waals surface area contributed by atoms with Gasteiger partial charge in [0.2, 0.25) is 11.6 Å². The van der Waals surface area contributed by atoms with Crippen molar-refractivity contribution >= 4 is 5.88 Å². The lowest BCUT2D eigenvalue weighted by Crippen LogP contribution is -2.02. The number of hydrogen-bond donors (Lipinski definition) is 1. The van der Waals surface area contributed by atoms with Crippen molar-refractivity contribution in [2.75, 3.05) is 5.32 Å². The maximum Gasteiger partial charge on any atom is 0.232 e. The summed E-state index contributed by atoms with van der Waals surface area (Å²) in [5.74, 6) is 0.0154. The average Bonchev–Trinajstić information content (AvgIpc) is 2.77. The molecule has 0 unspecified atom stereocenters. The van der Waals surface area contributed by atoms with Crippen molar-refractivity contribution in [2.24, 2.45) is 0 Å². The Kier molecular flexibility index (Phi) is 3.06. The highest BCUT2D eigenvalue weighted by Crippen LogP contribution is 2.16.